The number of aryl methyl sites for hydroxylation is 2. The van der Waals surface area contributed by atoms with Crippen molar-refractivity contribution in [3.63, 3.8) is 0 Å². The Balaban J connectivity index is 1.53. The van der Waals surface area contributed by atoms with Crippen LogP contribution in [0.2, 0.25) is 0 Å². The molecule has 4 nitrogen and oxygen atoms in total. The summed E-state index contributed by atoms with van der Waals surface area (Å²) in [5.74, 6) is 0.549. The second-order valence-electron chi connectivity index (χ2n) is 8.55. The number of fused-ring (bicyclic) bond motifs is 2. The number of oxazole rings is 1. The van der Waals surface area contributed by atoms with Crippen molar-refractivity contribution in [1.29, 1.82) is 0 Å². The third-order valence-electron chi connectivity index (χ3n) is 6.31. The highest BCUT2D eigenvalue weighted by atomic mass is 16.3. The van der Waals surface area contributed by atoms with Gasteiger partial charge in [-0.05, 0) is 66.4 Å². The molecule has 4 heteroatoms. The summed E-state index contributed by atoms with van der Waals surface area (Å²) in [4.78, 5) is 9.49. The molecule has 6 aromatic rings. The molecule has 0 spiro atoms. The molecule has 0 saturated heterocycles. The highest BCUT2D eigenvalue weighted by molar-refractivity contribution is 5.99. The van der Waals surface area contributed by atoms with E-state index in [0.29, 0.717) is 17.0 Å². The first-order valence-electron chi connectivity index (χ1n) is 11.2. The number of nitrogens with zero attached hydrogens (tertiary/aromatic N) is 2. The molecule has 0 saturated carbocycles. The zero-order valence-corrected chi connectivity index (χ0v) is 18.9. The zero-order chi connectivity index (χ0) is 23.2. The summed E-state index contributed by atoms with van der Waals surface area (Å²) in [6.45, 7) is 4.27. The maximum absolute atomic E-state index is 10.3. The van der Waals surface area contributed by atoms with Gasteiger partial charge in [-0.1, -0.05) is 54.6 Å². The molecule has 0 bridgehead atoms. The monoisotopic (exact) mass is 442 g/mol. The average Bonchev–Trinajstić information content (AvgIpc) is 3.29. The summed E-state index contributed by atoms with van der Waals surface area (Å²) in [7, 11) is 0. The summed E-state index contributed by atoms with van der Waals surface area (Å²) < 4.78 is 6.02. The van der Waals surface area contributed by atoms with E-state index in [2.05, 4.69) is 56.3 Å². The van der Waals surface area contributed by atoms with Gasteiger partial charge in [0.15, 0.2) is 5.58 Å². The Morgan fingerprint density at radius 2 is 1.50 bits per heavy atom. The minimum absolute atomic E-state index is 0.145. The first kappa shape index (κ1) is 20.2. The Kier molecular flexibility index (Phi) is 4.66. The number of aromatic nitrogens is 2. The molecular weight excluding hydrogens is 420 g/mol. The molecule has 34 heavy (non-hydrogen) atoms. The molecule has 2 aromatic heterocycles. The molecule has 2 heterocycles. The van der Waals surface area contributed by atoms with Gasteiger partial charge in [-0.3, -0.25) is 4.98 Å². The van der Waals surface area contributed by atoms with Crippen LogP contribution in [0.4, 0.5) is 0 Å². The minimum atomic E-state index is 0.145. The molecule has 0 radical (unpaired) electrons. The molecule has 1 N–H and O–H groups in total. The lowest BCUT2D eigenvalue weighted by Crippen LogP contribution is -1.92. The van der Waals surface area contributed by atoms with Crippen LogP contribution in [0.1, 0.15) is 11.1 Å². The van der Waals surface area contributed by atoms with Gasteiger partial charge >= 0.3 is 0 Å². The van der Waals surface area contributed by atoms with Crippen LogP contribution in [-0.2, 0) is 0 Å². The Labute approximate surface area is 197 Å². The largest absolute Gasteiger partial charge is 0.507 e. The van der Waals surface area contributed by atoms with Crippen molar-refractivity contribution in [2.75, 3.05) is 0 Å². The van der Waals surface area contributed by atoms with Crippen molar-refractivity contribution in [2.24, 2.45) is 0 Å². The van der Waals surface area contributed by atoms with Crippen molar-refractivity contribution >= 4 is 22.0 Å². The van der Waals surface area contributed by atoms with Crippen LogP contribution in [-0.4, -0.2) is 15.1 Å². The van der Waals surface area contributed by atoms with Crippen molar-refractivity contribution in [1.82, 2.24) is 9.97 Å². The quantitative estimate of drug-likeness (QED) is 0.305. The smallest absolute Gasteiger partial charge is 0.231 e. The lowest BCUT2D eigenvalue weighted by molar-refractivity contribution is 0.474. The van der Waals surface area contributed by atoms with E-state index in [-0.39, 0.29) is 5.75 Å². The average molecular weight is 443 g/mol. The van der Waals surface area contributed by atoms with Crippen molar-refractivity contribution in [3.05, 3.63) is 102 Å². The van der Waals surface area contributed by atoms with Crippen molar-refractivity contribution < 1.29 is 9.52 Å². The van der Waals surface area contributed by atoms with Gasteiger partial charge in [0.05, 0.1) is 11.1 Å². The van der Waals surface area contributed by atoms with E-state index in [1.807, 2.05) is 30.5 Å². The third-order valence-corrected chi connectivity index (χ3v) is 6.31. The lowest BCUT2D eigenvalue weighted by Gasteiger charge is -2.13. The Bertz CT molecular complexity index is 1700. The molecule has 0 aliphatic rings. The predicted molar refractivity (Wildman–Crippen MR) is 137 cm³/mol. The standard InChI is InChI=1S/C30H22N2O2/c1-18-16-19(2)27(29-22(18)12-7-15-31-29)21-9-5-8-20(17-21)23-11-6-14-26-28(23)32-30(34-26)24-10-3-4-13-25(24)33/h3-17,33H,1-2H3. The molecule has 0 atom stereocenters. The molecule has 0 aliphatic carbocycles. The van der Waals surface area contributed by atoms with Gasteiger partial charge in [0.1, 0.15) is 11.3 Å². The van der Waals surface area contributed by atoms with Crippen LogP contribution in [0.15, 0.2) is 95.5 Å². The molecule has 0 amide bonds. The van der Waals surface area contributed by atoms with Crippen LogP contribution in [0.5, 0.6) is 5.75 Å². The van der Waals surface area contributed by atoms with Crippen LogP contribution in [0.3, 0.4) is 0 Å². The molecule has 0 fully saturated rings. The van der Waals surface area contributed by atoms with Gasteiger partial charge in [0.25, 0.3) is 0 Å². The highest BCUT2D eigenvalue weighted by Crippen LogP contribution is 2.38. The molecule has 164 valence electrons. The van der Waals surface area contributed by atoms with E-state index in [9.17, 15) is 5.11 Å². The SMILES string of the molecule is Cc1cc(C)c2cccnc2c1-c1cccc(-c2cccc3oc(-c4ccccc4O)nc23)c1. The zero-order valence-electron chi connectivity index (χ0n) is 18.9. The van der Waals surface area contributed by atoms with E-state index in [0.717, 1.165) is 33.3 Å². The molecule has 4 aromatic carbocycles. The van der Waals surface area contributed by atoms with E-state index in [4.69, 9.17) is 14.4 Å². The maximum Gasteiger partial charge on any atom is 0.231 e. The van der Waals surface area contributed by atoms with Gasteiger partial charge in [-0.2, -0.15) is 0 Å². The Morgan fingerprint density at radius 3 is 2.38 bits per heavy atom. The van der Waals surface area contributed by atoms with Gasteiger partial charge < -0.3 is 9.52 Å². The number of aromatic hydroxyl groups is 1. The number of rotatable bonds is 3. The fourth-order valence-corrected chi connectivity index (χ4v) is 4.74. The summed E-state index contributed by atoms with van der Waals surface area (Å²) in [5, 5.41) is 11.4. The molecule has 0 aliphatic heterocycles. The van der Waals surface area contributed by atoms with E-state index >= 15 is 0 Å². The normalized spacial score (nSPS) is 11.4. The number of phenolic OH excluding ortho intramolecular Hbond substituents is 1. The second kappa shape index (κ2) is 7.85. The fourth-order valence-electron chi connectivity index (χ4n) is 4.74. The number of phenols is 1. The first-order valence-corrected chi connectivity index (χ1v) is 11.2. The van der Waals surface area contributed by atoms with Gasteiger partial charge in [-0.25, -0.2) is 4.98 Å². The number of hydrogen-bond acceptors (Lipinski definition) is 4. The topological polar surface area (TPSA) is 59.2 Å². The van der Waals surface area contributed by atoms with Crippen LogP contribution >= 0.6 is 0 Å². The maximum atomic E-state index is 10.3. The summed E-state index contributed by atoms with van der Waals surface area (Å²) in [6.07, 6.45) is 1.85. The van der Waals surface area contributed by atoms with E-state index in [1.165, 1.54) is 16.5 Å². The Morgan fingerprint density at radius 1 is 0.706 bits per heavy atom. The van der Waals surface area contributed by atoms with Crippen molar-refractivity contribution in [3.8, 4) is 39.5 Å². The Hall–Kier alpha value is -4.44. The summed E-state index contributed by atoms with van der Waals surface area (Å²) >= 11 is 0. The predicted octanol–water partition coefficient (Wildman–Crippen LogP) is 7.70. The van der Waals surface area contributed by atoms with Crippen LogP contribution < -0.4 is 0 Å². The van der Waals surface area contributed by atoms with Crippen molar-refractivity contribution in [2.45, 2.75) is 13.8 Å². The van der Waals surface area contributed by atoms with Gasteiger partial charge in [0, 0.05) is 22.7 Å². The molecular formula is C30H22N2O2. The number of hydrogen-bond donors (Lipinski definition) is 1. The lowest BCUT2D eigenvalue weighted by atomic mass is 9.92. The number of pyridine rings is 1. The van der Waals surface area contributed by atoms with Gasteiger partial charge in [-0.15, -0.1) is 0 Å². The van der Waals surface area contributed by atoms with Crippen LogP contribution in [0.25, 0.3) is 55.7 Å². The number of para-hydroxylation sites is 2. The third kappa shape index (κ3) is 3.23. The second-order valence-corrected chi connectivity index (χ2v) is 8.55. The first-order chi connectivity index (χ1) is 16.6. The molecule has 0 unspecified atom stereocenters. The summed E-state index contributed by atoms with van der Waals surface area (Å²) in [6, 6.07) is 27.8. The fraction of sp³-hybridized carbons (Fsp3) is 0.0667. The minimum Gasteiger partial charge on any atom is -0.507 e. The molecule has 6 rings (SSSR count). The number of benzene rings is 4. The van der Waals surface area contributed by atoms with E-state index in [1.54, 1.807) is 18.2 Å². The highest BCUT2D eigenvalue weighted by Gasteiger charge is 2.16. The van der Waals surface area contributed by atoms with Gasteiger partial charge in [0.2, 0.25) is 5.89 Å². The van der Waals surface area contributed by atoms with Crippen LogP contribution in [0, 0.1) is 13.8 Å². The summed E-state index contributed by atoms with van der Waals surface area (Å²) in [5.41, 5.74) is 9.74. The van der Waals surface area contributed by atoms with E-state index < -0.39 is 0 Å².